The molecular formula is C28H41F3N6O3. The molecule has 0 aromatic carbocycles. The topological polar surface area (TPSA) is 75.4 Å². The smallest absolute Gasteiger partial charge is 0.380 e. The van der Waals surface area contributed by atoms with E-state index >= 15 is 0 Å². The molecule has 4 atom stereocenters. The Labute approximate surface area is 232 Å². The molecule has 3 unspecified atom stereocenters. The molecule has 2 aromatic rings. The van der Waals surface area contributed by atoms with Gasteiger partial charge in [0, 0.05) is 44.0 Å². The van der Waals surface area contributed by atoms with E-state index in [0.29, 0.717) is 37.8 Å². The van der Waals surface area contributed by atoms with Crippen molar-refractivity contribution in [2.75, 3.05) is 47.1 Å². The number of piperidine rings is 1. The number of likely N-dealkylation sites (tertiary alicyclic amines) is 1. The van der Waals surface area contributed by atoms with Crippen LogP contribution in [0.3, 0.4) is 0 Å². The molecule has 1 aliphatic carbocycles. The molecule has 222 valence electrons. The number of nitrogens with one attached hydrogen (secondary N) is 2. The quantitative estimate of drug-likeness (QED) is 0.533. The Balaban J connectivity index is 1.28. The molecule has 0 spiro atoms. The lowest BCUT2D eigenvalue weighted by Crippen LogP contribution is -2.54. The van der Waals surface area contributed by atoms with Crippen molar-refractivity contribution in [1.29, 1.82) is 0 Å². The maximum atomic E-state index is 14.3. The van der Waals surface area contributed by atoms with E-state index in [1.54, 1.807) is 17.9 Å². The highest BCUT2D eigenvalue weighted by atomic mass is 19.4. The number of hydrazine groups is 1. The lowest BCUT2D eigenvalue weighted by atomic mass is 9.64. The predicted octanol–water partition coefficient (Wildman–Crippen LogP) is 3.19. The van der Waals surface area contributed by atoms with Crippen molar-refractivity contribution in [3.8, 4) is 0 Å². The summed E-state index contributed by atoms with van der Waals surface area (Å²) in [6.07, 6.45) is 5.12. The van der Waals surface area contributed by atoms with Crippen molar-refractivity contribution in [3.63, 3.8) is 0 Å². The van der Waals surface area contributed by atoms with Crippen LogP contribution in [-0.4, -0.2) is 78.2 Å². The first kappa shape index (κ1) is 28.2. The number of hydrogen-bond acceptors (Lipinski definition) is 7. The van der Waals surface area contributed by atoms with Gasteiger partial charge in [0.1, 0.15) is 0 Å². The van der Waals surface area contributed by atoms with Gasteiger partial charge in [-0.25, -0.2) is 15.6 Å². The van der Waals surface area contributed by atoms with E-state index in [9.17, 15) is 18.0 Å². The monoisotopic (exact) mass is 566 g/mol. The fraction of sp³-hybridized carbons (Fsp3) is 0.750. The first-order valence-electron chi connectivity index (χ1n) is 14.5. The molecule has 4 fully saturated rings. The fourth-order valence-corrected chi connectivity index (χ4v) is 7.40. The highest BCUT2D eigenvalue weighted by Crippen LogP contribution is 2.49. The molecule has 0 radical (unpaired) electrons. The molecule has 0 bridgehead atoms. The molecule has 40 heavy (non-hydrogen) atoms. The molecule has 0 amide bonds. The molecule has 5 heterocycles. The first-order valence-corrected chi connectivity index (χ1v) is 14.5. The van der Waals surface area contributed by atoms with Crippen LogP contribution < -0.4 is 16.5 Å². The van der Waals surface area contributed by atoms with Crippen molar-refractivity contribution >= 4 is 5.52 Å². The third kappa shape index (κ3) is 5.34. The molecule has 3 aliphatic heterocycles. The number of nitrogens with zero attached hydrogens (tertiary/aromatic N) is 4. The summed E-state index contributed by atoms with van der Waals surface area (Å²) in [5.74, 6) is 0.344. The molecule has 2 N–H and O–H groups in total. The van der Waals surface area contributed by atoms with E-state index in [2.05, 4.69) is 27.7 Å². The molecular weight excluding hydrogens is 525 g/mol. The van der Waals surface area contributed by atoms with E-state index in [4.69, 9.17) is 9.47 Å². The predicted molar refractivity (Wildman–Crippen MR) is 144 cm³/mol. The Kier molecular flexibility index (Phi) is 7.77. The third-order valence-corrected chi connectivity index (χ3v) is 9.77. The van der Waals surface area contributed by atoms with E-state index < -0.39 is 11.7 Å². The van der Waals surface area contributed by atoms with E-state index in [1.165, 1.54) is 16.7 Å². The molecule has 6 rings (SSSR count). The van der Waals surface area contributed by atoms with Crippen LogP contribution in [0.2, 0.25) is 0 Å². The van der Waals surface area contributed by atoms with Crippen molar-refractivity contribution in [2.24, 2.45) is 11.3 Å². The summed E-state index contributed by atoms with van der Waals surface area (Å²) in [6.45, 7) is 3.96. The SMILES string of the molecule is CO[C@@H]1CCCN(Cc2cc(C(F)(F)F)c3cn(C4CCCC(C5(CC6NNCN6C)COC5)C4)c(=O)n3c2)C1. The summed E-state index contributed by atoms with van der Waals surface area (Å²) in [5, 5.41) is 0. The molecule has 3 saturated heterocycles. The van der Waals surface area contributed by atoms with Crippen LogP contribution in [0.25, 0.3) is 5.52 Å². The first-order chi connectivity index (χ1) is 19.2. The van der Waals surface area contributed by atoms with Gasteiger partial charge >= 0.3 is 11.9 Å². The number of alkyl halides is 3. The van der Waals surface area contributed by atoms with Gasteiger partial charge in [0.25, 0.3) is 0 Å². The summed E-state index contributed by atoms with van der Waals surface area (Å²) in [6, 6.07) is 1.09. The van der Waals surface area contributed by atoms with Crippen LogP contribution in [0.1, 0.15) is 62.1 Å². The molecule has 4 aliphatic rings. The van der Waals surface area contributed by atoms with Crippen LogP contribution >= 0.6 is 0 Å². The zero-order valence-electron chi connectivity index (χ0n) is 23.4. The maximum Gasteiger partial charge on any atom is 0.418 e. The minimum absolute atomic E-state index is 0.0121. The Morgan fingerprint density at radius 1 is 1.18 bits per heavy atom. The zero-order chi connectivity index (χ0) is 28.1. The highest BCUT2D eigenvalue weighted by molar-refractivity contribution is 5.56. The number of aromatic nitrogens is 2. The van der Waals surface area contributed by atoms with Crippen molar-refractivity contribution < 1.29 is 22.6 Å². The van der Waals surface area contributed by atoms with Gasteiger partial charge in [0.05, 0.1) is 43.2 Å². The largest absolute Gasteiger partial charge is 0.418 e. The Hall–Kier alpha value is -1.96. The van der Waals surface area contributed by atoms with Crippen molar-refractivity contribution in [1.82, 2.24) is 29.6 Å². The number of imidazole rings is 1. The standard InChI is InChI=1S/C28H41F3N6O3/c1-34-18-32-33-25(34)11-27(16-40-17-27)20-5-3-6-21(10-20)36-15-24-23(28(29,30)31)9-19(13-37(24)26(36)38)12-35-8-4-7-22(14-35)39-2/h9,13,15,20-22,25,32-33H,3-8,10-12,14,16-18H2,1-2H3/t20?,21?,22-,25?/m1/s1. The Morgan fingerprint density at radius 3 is 2.67 bits per heavy atom. The van der Waals surface area contributed by atoms with Gasteiger partial charge in [0.15, 0.2) is 0 Å². The van der Waals surface area contributed by atoms with Gasteiger partial charge in [-0.15, -0.1) is 0 Å². The minimum Gasteiger partial charge on any atom is -0.380 e. The summed E-state index contributed by atoms with van der Waals surface area (Å²) >= 11 is 0. The van der Waals surface area contributed by atoms with Crippen LogP contribution in [0.15, 0.2) is 23.3 Å². The third-order valence-electron chi connectivity index (χ3n) is 9.77. The second kappa shape index (κ2) is 11.0. The number of methoxy groups -OCH3 is 1. The molecule has 1 saturated carbocycles. The number of rotatable bonds is 7. The number of ether oxygens (including phenoxy) is 2. The van der Waals surface area contributed by atoms with E-state index in [-0.39, 0.29) is 34.9 Å². The summed E-state index contributed by atoms with van der Waals surface area (Å²) < 4.78 is 56.9. The maximum absolute atomic E-state index is 14.3. The summed E-state index contributed by atoms with van der Waals surface area (Å²) in [4.78, 5) is 18.0. The average molecular weight is 567 g/mol. The molecule has 9 nitrogen and oxygen atoms in total. The second-order valence-electron chi connectivity index (χ2n) is 12.4. The van der Waals surface area contributed by atoms with E-state index in [0.717, 1.165) is 58.2 Å². The molecule has 2 aromatic heterocycles. The number of fused-ring (bicyclic) bond motifs is 1. The number of hydrogen-bond donors (Lipinski definition) is 2. The number of pyridine rings is 1. The van der Waals surface area contributed by atoms with Gasteiger partial charge < -0.3 is 9.47 Å². The minimum atomic E-state index is -4.56. The Morgan fingerprint density at radius 2 is 2.00 bits per heavy atom. The van der Waals surface area contributed by atoms with Crippen molar-refractivity contribution in [3.05, 3.63) is 40.1 Å². The second-order valence-corrected chi connectivity index (χ2v) is 12.4. The van der Waals surface area contributed by atoms with Crippen LogP contribution in [0, 0.1) is 11.3 Å². The van der Waals surface area contributed by atoms with Crippen LogP contribution in [0.5, 0.6) is 0 Å². The molecule has 12 heteroatoms. The van der Waals surface area contributed by atoms with Crippen LogP contribution in [-0.2, 0) is 22.2 Å². The average Bonchev–Trinajstić information content (AvgIpc) is 3.47. The van der Waals surface area contributed by atoms with Gasteiger partial charge in [0.2, 0.25) is 0 Å². The highest BCUT2D eigenvalue weighted by Gasteiger charge is 2.49. The number of halogens is 3. The van der Waals surface area contributed by atoms with Gasteiger partial charge in [-0.2, -0.15) is 13.2 Å². The lowest BCUT2D eigenvalue weighted by Gasteiger charge is -2.51. The normalized spacial score (nSPS) is 30.1. The van der Waals surface area contributed by atoms with E-state index in [1.807, 2.05) is 0 Å². The Bertz CT molecular complexity index is 1260. The lowest BCUT2D eigenvalue weighted by molar-refractivity contribution is -0.167. The van der Waals surface area contributed by atoms with Gasteiger partial charge in [-0.05, 0) is 69.7 Å². The van der Waals surface area contributed by atoms with Gasteiger partial charge in [-0.3, -0.25) is 18.8 Å². The van der Waals surface area contributed by atoms with Crippen LogP contribution in [0.4, 0.5) is 13.2 Å². The van der Waals surface area contributed by atoms with Crippen molar-refractivity contribution in [2.45, 2.75) is 76.0 Å². The zero-order valence-corrected chi connectivity index (χ0v) is 23.4. The summed E-state index contributed by atoms with van der Waals surface area (Å²) in [5.41, 5.74) is 5.83. The van der Waals surface area contributed by atoms with Gasteiger partial charge in [-0.1, -0.05) is 6.42 Å². The summed E-state index contributed by atoms with van der Waals surface area (Å²) in [7, 11) is 3.75. The fourth-order valence-electron chi connectivity index (χ4n) is 7.40.